The predicted molar refractivity (Wildman–Crippen MR) is 69.9 cm³/mol. The Kier molecular flexibility index (Phi) is 4.24. The molecule has 0 saturated carbocycles. The molecule has 0 aromatic carbocycles. The molecule has 0 fully saturated rings. The van der Waals surface area contributed by atoms with Gasteiger partial charge in [0.1, 0.15) is 17.0 Å². The van der Waals surface area contributed by atoms with Gasteiger partial charge in [-0.1, -0.05) is 12.2 Å². The van der Waals surface area contributed by atoms with Crippen molar-refractivity contribution in [3.8, 4) is 0 Å². The van der Waals surface area contributed by atoms with E-state index in [1.807, 2.05) is 0 Å². The van der Waals surface area contributed by atoms with Crippen LogP contribution in [0.3, 0.4) is 0 Å². The lowest BCUT2D eigenvalue weighted by Gasteiger charge is -2.07. The second-order valence-electron chi connectivity index (χ2n) is 3.42. The molecule has 1 aromatic heterocycles. The fraction of sp³-hybridized carbons (Fsp3) is 0.200. The number of aromatic nitrogens is 2. The minimum atomic E-state index is 0.00547. The molecule has 90 valence electrons. The van der Waals surface area contributed by atoms with E-state index >= 15 is 0 Å². The number of allylic oxidation sites excluding steroid dienone is 2. The molecule has 1 aromatic rings. The SMILES string of the molecule is CC(N)=CC(=S)c1ccc(=N)n(C(=N)CN)n1. The zero-order valence-corrected chi connectivity index (χ0v) is 10.2. The smallest absolute Gasteiger partial charge is 0.148 e. The van der Waals surface area contributed by atoms with E-state index in [-0.39, 0.29) is 17.9 Å². The van der Waals surface area contributed by atoms with Crippen LogP contribution in [0, 0.1) is 10.8 Å². The molecule has 0 bridgehead atoms. The van der Waals surface area contributed by atoms with Crippen LogP contribution in [0.25, 0.3) is 0 Å². The molecule has 0 unspecified atom stereocenters. The third kappa shape index (κ3) is 3.30. The third-order valence-corrected chi connectivity index (χ3v) is 2.22. The van der Waals surface area contributed by atoms with E-state index in [2.05, 4.69) is 5.10 Å². The summed E-state index contributed by atoms with van der Waals surface area (Å²) in [7, 11) is 0. The Balaban J connectivity index is 3.22. The van der Waals surface area contributed by atoms with Gasteiger partial charge in [-0.15, -0.1) is 0 Å². The molecule has 0 amide bonds. The Bertz CT molecular complexity index is 538. The first-order valence-electron chi connectivity index (χ1n) is 4.86. The first kappa shape index (κ1) is 13.2. The van der Waals surface area contributed by atoms with Crippen molar-refractivity contribution in [1.82, 2.24) is 9.78 Å². The molecule has 0 aliphatic heterocycles. The first-order chi connectivity index (χ1) is 7.95. The molecule has 1 rings (SSSR count). The lowest BCUT2D eigenvalue weighted by molar-refractivity contribution is 0.792. The predicted octanol–water partition coefficient (Wildman–Crippen LogP) is -0.273. The van der Waals surface area contributed by atoms with Crippen molar-refractivity contribution >= 4 is 22.9 Å². The van der Waals surface area contributed by atoms with Crippen molar-refractivity contribution in [1.29, 1.82) is 10.8 Å². The van der Waals surface area contributed by atoms with E-state index < -0.39 is 0 Å². The van der Waals surface area contributed by atoms with Crippen LogP contribution in [0.1, 0.15) is 12.6 Å². The highest BCUT2D eigenvalue weighted by Crippen LogP contribution is 1.98. The van der Waals surface area contributed by atoms with Gasteiger partial charge in [0.25, 0.3) is 0 Å². The molecule has 6 N–H and O–H groups in total. The highest BCUT2D eigenvalue weighted by atomic mass is 32.1. The number of nitrogens with zero attached hydrogens (tertiary/aromatic N) is 2. The molecule has 0 spiro atoms. The minimum Gasteiger partial charge on any atom is -0.402 e. The maximum atomic E-state index is 7.60. The Morgan fingerprint density at radius 2 is 2.24 bits per heavy atom. The average Bonchev–Trinajstić information content (AvgIpc) is 2.27. The van der Waals surface area contributed by atoms with E-state index in [4.69, 9.17) is 34.5 Å². The van der Waals surface area contributed by atoms with Crippen molar-refractivity contribution in [2.75, 3.05) is 6.54 Å². The van der Waals surface area contributed by atoms with Crippen LogP contribution in [0.15, 0.2) is 23.9 Å². The quantitative estimate of drug-likeness (QED) is 0.194. The normalized spacial score (nSPS) is 11.3. The van der Waals surface area contributed by atoms with Gasteiger partial charge in [-0.25, -0.2) is 4.68 Å². The van der Waals surface area contributed by atoms with Crippen LogP contribution in [0.4, 0.5) is 0 Å². The summed E-state index contributed by atoms with van der Waals surface area (Å²) in [5.74, 6) is 0.0353. The molecule has 0 atom stereocenters. The molecular weight excluding hydrogens is 236 g/mol. The summed E-state index contributed by atoms with van der Waals surface area (Å²) >= 11 is 5.13. The van der Waals surface area contributed by atoms with Gasteiger partial charge in [0.05, 0.1) is 11.4 Å². The maximum Gasteiger partial charge on any atom is 0.148 e. The summed E-state index contributed by atoms with van der Waals surface area (Å²) in [6.45, 7) is 1.73. The van der Waals surface area contributed by atoms with Crippen molar-refractivity contribution in [2.24, 2.45) is 11.5 Å². The van der Waals surface area contributed by atoms with Crippen LogP contribution in [-0.2, 0) is 0 Å². The van der Waals surface area contributed by atoms with Gasteiger partial charge in [0.15, 0.2) is 0 Å². The van der Waals surface area contributed by atoms with Crippen molar-refractivity contribution < 1.29 is 0 Å². The Hall–Kier alpha value is -1.86. The minimum absolute atomic E-state index is 0.00547. The van der Waals surface area contributed by atoms with E-state index in [0.717, 1.165) is 4.68 Å². The van der Waals surface area contributed by atoms with Crippen molar-refractivity contribution in [3.63, 3.8) is 0 Å². The molecule has 0 aliphatic rings. The average molecular weight is 250 g/mol. The van der Waals surface area contributed by atoms with Crippen LogP contribution >= 0.6 is 12.2 Å². The van der Waals surface area contributed by atoms with Gasteiger partial charge in [0, 0.05) is 5.70 Å². The van der Waals surface area contributed by atoms with Gasteiger partial charge in [-0.2, -0.15) is 5.10 Å². The lowest BCUT2D eigenvalue weighted by atomic mass is 10.2. The standard InChI is InChI=1S/C10H14N6S/c1-6(12)4-8(17)7-2-3-9(13)16(15-7)10(14)5-11/h2-4,13-14H,5,11-12H2,1H3. The topological polar surface area (TPSA) is 118 Å². The maximum absolute atomic E-state index is 7.60. The van der Waals surface area contributed by atoms with E-state index in [1.54, 1.807) is 19.1 Å². The van der Waals surface area contributed by atoms with Gasteiger partial charge < -0.3 is 11.5 Å². The highest BCUT2D eigenvalue weighted by molar-refractivity contribution is 7.81. The second-order valence-corrected chi connectivity index (χ2v) is 3.86. The fourth-order valence-corrected chi connectivity index (χ4v) is 1.42. The van der Waals surface area contributed by atoms with Gasteiger partial charge >= 0.3 is 0 Å². The summed E-state index contributed by atoms with van der Waals surface area (Å²) in [5, 5.41) is 19.3. The third-order valence-electron chi connectivity index (χ3n) is 1.90. The number of rotatable bonds is 3. The summed E-state index contributed by atoms with van der Waals surface area (Å²) in [6, 6.07) is 3.13. The van der Waals surface area contributed by atoms with Crippen LogP contribution < -0.4 is 17.0 Å². The zero-order chi connectivity index (χ0) is 13.0. The van der Waals surface area contributed by atoms with Crippen LogP contribution in [0.2, 0.25) is 0 Å². The largest absolute Gasteiger partial charge is 0.402 e. The summed E-state index contributed by atoms with van der Waals surface area (Å²) < 4.78 is 1.14. The molecule has 1 heterocycles. The van der Waals surface area contributed by atoms with Crippen LogP contribution in [-0.4, -0.2) is 27.0 Å². The Labute approximate surface area is 104 Å². The van der Waals surface area contributed by atoms with E-state index in [0.29, 0.717) is 16.3 Å². The number of nitrogens with one attached hydrogen (secondary N) is 2. The first-order valence-corrected chi connectivity index (χ1v) is 5.27. The van der Waals surface area contributed by atoms with E-state index in [1.165, 1.54) is 6.07 Å². The van der Waals surface area contributed by atoms with Crippen molar-refractivity contribution in [2.45, 2.75) is 6.92 Å². The zero-order valence-electron chi connectivity index (χ0n) is 9.40. The van der Waals surface area contributed by atoms with E-state index in [9.17, 15) is 0 Å². The van der Waals surface area contributed by atoms with Crippen LogP contribution in [0.5, 0.6) is 0 Å². The summed E-state index contributed by atoms with van der Waals surface area (Å²) in [4.78, 5) is 0.462. The molecule has 7 heteroatoms. The monoisotopic (exact) mass is 250 g/mol. The number of nitrogens with two attached hydrogens (primary N) is 2. The molecule has 6 nitrogen and oxygen atoms in total. The van der Waals surface area contributed by atoms with Gasteiger partial charge in [-0.05, 0) is 25.1 Å². The number of thiocarbonyl (C=S) groups is 1. The fourth-order valence-electron chi connectivity index (χ4n) is 1.13. The van der Waals surface area contributed by atoms with Gasteiger partial charge in [0.2, 0.25) is 0 Å². The summed E-state index contributed by atoms with van der Waals surface area (Å²) in [6.07, 6.45) is 1.61. The molecule has 0 radical (unpaired) electrons. The number of hydrogen-bond acceptors (Lipinski definition) is 6. The summed E-state index contributed by atoms with van der Waals surface area (Å²) in [5.41, 5.74) is 12.0. The lowest BCUT2D eigenvalue weighted by Crippen LogP contribution is -2.34. The molecule has 17 heavy (non-hydrogen) atoms. The van der Waals surface area contributed by atoms with Gasteiger partial charge in [-0.3, -0.25) is 10.8 Å². The van der Waals surface area contributed by atoms with Crippen molar-refractivity contribution in [3.05, 3.63) is 35.1 Å². The highest BCUT2D eigenvalue weighted by Gasteiger charge is 2.05. The Morgan fingerprint density at radius 3 is 2.76 bits per heavy atom. The number of hydrogen-bond donors (Lipinski definition) is 4. The molecule has 0 saturated heterocycles. The molecule has 0 aliphatic carbocycles. The molecular formula is C10H14N6S. The Morgan fingerprint density at radius 1 is 1.59 bits per heavy atom. The second kappa shape index (κ2) is 5.46.